The minimum absolute atomic E-state index is 0.606. The van der Waals surface area contributed by atoms with E-state index in [4.69, 9.17) is 23.8 Å². The van der Waals surface area contributed by atoms with E-state index in [2.05, 4.69) is 10.7 Å². The fourth-order valence-corrected chi connectivity index (χ4v) is 1.18. The fourth-order valence-electron chi connectivity index (χ4n) is 0.842. The van der Waals surface area contributed by atoms with E-state index in [0.717, 1.165) is 5.69 Å². The van der Waals surface area contributed by atoms with Gasteiger partial charge < -0.3 is 5.32 Å². The Kier molecular flexibility index (Phi) is 4.13. The van der Waals surface area contributed by atoms with Crippen molar-refractivity contribution in [2.75, 3.05) is 19.4 Å². The van der Waals surface area contributed by atoms with Crippen molar-refractivity contribution in [3.05, 3.63) is 29.3 Å². The molecule has 0 saturated heterocycles. The van der Waals surface area contributed by atoms with Crippen LogP contribution in [0.3, 0.4) is 0 Å². The summed E-state index contributed by atoms with van der Waals surface area (Å²) in [5.41, 5.74) is 3.82. The maximum atomic E-state index is 5.75. The first kappa shape index (κ1) is 11.2. The lowest BCUT2D eigenvalue weighted by Gasteiger charge is -2.19. The number of thiocarbonyl (C=S) groups is 1. The van der Waals surface area contributed by atoms with Gasteiger partial charge in [0.2, 0.25) is 0 Å². The monoisotopic (exact) mass is 229 g/mol. The number of hydrogen-bond donors (Lipinski definition) is 2. The van der Waals surface area contributed by atoms with Gasteiger partial charge >= 0.3 is 0 Å². The zero-order valence-electron chi connectivity index (χ0n) is 8.04. The zero-order valence-corrected chi connectivity index (χ0v) is 9.62. The van der Waals surface area contributed by atoms with E-state index < -0.39 is 0 Å². The van der Waals surface area contributed by atoms with Crippen LogP contribution in [0.5, 0.6) is 0 Å². The summed E-state index contributed by atoms with van der Waals surface area (Å²) in [6.07, 6.45) is 0. The topological polar surface area (TPSA) is 27.3 Å². The predicted octanol–water partition coefficient (Wildman–Crippen LogP) is 2.10. The van der Waals surface area contributed by atoms with Crippen LogP contribution in [-0.2, 0) is 0 Å². The highest BCUT2D eigenvalue weighted by Gasteiger charge is 2.01. The Morgan fingerprint density at radius 3 is 2.43 bits per heavy atom. The summed E-state index contributed by atoms with van der Waals surface area (Å²) in [5.74, 6) is 0. The molecule has 1 aromatic carbocycles. The average Bonchev–Trinajstić information content (AvgIpc) is 2.20. The predicted molar refractivity (Wildman–Crippen MR) is 64.5 cm³/mol. The largest absolute Gasteiger partial charge is 0.332 e. The van der Waals surface area contributed by atoms with Crippen molar-refractivity contribution in [1.82, 2.24) is 10.4 Å². The van der Waals surface area contributed by atoms with Crippen LogP contribution in [0.25, 0.3) is 0 Å². The van der Waals surface area contributed by atoms with Gasteiger partial charge in [-0.05, 0) is 36.5 Å². The van der Waals surface area contributed by atoms with E-state index in [-0.39, 0.29) is 0 Å². The molecule has 0 heterocycles. The summed E-state index contributed by atoms with van der Waals surface area (Å²) in [7, 11) is 3.64. The Balaban J connectivity index is 2.60. The highest BCUT2D eigenvalue weighted by atomic mass is 35.5. The van der Waals surface area contributed by atoms with E-state index in [1.165, 1.54) is 0 Å². The molecule has 0 amide bonds. The number of anilines is 1. The first-order valence-corrected chi connectivity index (χ1v) is 4.90. The van der Waals surface area contributed by atoms with Gasteiger partial charge in [-0.3, -0.25) is 5.01 Å². The fraction of sp³-hybridized carbons (Fsp3) is 0.222. The third kappa shape index (κ3) is 3.14. The number of halogens is 1. The van der Waals surface area contributed by atoms with Crippen LogP contribution >= 0.6 is 23.8 Å². The van der Waals surface area contributed by atoms with Gasteiger partial charge in [0, 0.05) is 24.8 Å². The lowest BCUT2D eigenvalue weighted by atomic mass is 10.3. The zero-order chi connectivity index (χ0) is 10.6. The van der Waals surface area contributed by atoms with Gasteiger partial charge in [0.05, 0.1) is 0 Å². The van der Waals surface area contributed by atoms with Gasteiger partial charge in [-0.15, -0.1) is 0 Å². The van der Waals surface area contributed by atoms with Crippen molar-refractivity contribution >= 4 is 34.6 Å². The molecule has 0 radical (unpaired) electrons. The van der Waals surface area contributed by atoms with Crippen molar-refractivity contribution in [1.29, 1.82) is 0 Å². The maximum absolute atomic E-state index is 5.75. The number of nitrogens with one attached hydrogen (secondary N) is 2. The number of rotatable bonds is 2. The maximum Gasteiger partial charge on any atom is 0.187 e. The summed E-state index contributed by atoms with van der Waals surface area (Å²) < 4.78 is 0. The quantitative estimate of drug-likeness (QED) is 0.600. The summed E-state index contributed by atoms with van der Waals surface area (Å²) in [4.78, 5) is 0. The lowest BCUT2D eigenvalue weighted by molar-refractivity contribution is 0.416. The van der Waals surface area contributed by atoms with Crippen molar-refractivity contribution in [3.8, 4) is 0 Å². The van der Waals surface area contributed by atoms with Gasteiger partial charge in [-0.1, -0.05) is 11.6 Å². The second kappa shape index (κ2) is 5.14. The minimum atomic E-state index is 0.606. The summed E-state index contributed by atoms with van der Waals surface area (Å²) >= 11 is 10.9. The molecule has 0 atom stereocenters. The first-order chi connectivity index (χ1) is 6.63. The average molecular weight is 230 g/mol. The Hall–Kier alpha value is -0.840. The van der Waals surface area contributed by atoms with Crippen LogP contribution < -0.4 is 10.7 Å². The number of nitrogens with zero attached hydrogens (tertiary/aromatic N) is 1. The molecular weight excluding hydrogens is 218 g/mol. The smallest absolute Gasteiger partial charge is 0.187 e. The molecule has 0 spiro atoms. The third-order valence-electron chi connectivity index (χ3n) is 1.74. The molecule has 5 heteroatoms. The van der Waals surface area contributed by atoms with E-state index in [1.807, 2.05) is 31.3 Å². The molecule has 14 heavy (non-hydrogen) atoms. The molecule has 0 aromatic heterocycles. The van der Waals surface area contributed by atoms with Gasteiger partial charge in [0.25, 0.3) is 0 Å². The van der Waals surface area contributed by atoms with Gasteiger partial charge in [-0.2, -0.15) is 0 Å². The molecular formula is C9H12ClN3S. The van der Waals surface area contributed by atoms with E-state index in [0.29, 0.717) is 10.1 Å². The van der Waals surface area contributed by atoms with Gasteiger partial charge in [0.15, 0.2) is 5.11 Å². The molecule has 0 fully saturated rings. The van der Waals surface area contributed by atoms with Gasteiger partial charge in [-0.25, -0.2) is 5.43 Å². The SMILES string of the molecule is CNN(C)C(=S)Nc1ccc(Cl)cc1. The van der Waals surface area contributed by atoms with Crippen LogP contribution in [0.2, 0.25) is 5.02 Å². The number of hydrazine groups is 1. The summed E-state index contributed by atoms with van der Waals surface area (Å²) in [6, 6.07) is 7.37. The third-order valence-corrected chi connectivity index (χ3v) is 2.36. The second-order valence-electron chi connectivity index (χ2n) is 2.72. The Morgan fingerprint density at radius 1 is 1.36 bits per heavy atom. The minimum Gasteiger partial charge on any atom is -0.332 e. The molecule has 1 aromatic rings. The molecule has 2 N–H and O–H groups in total. The first-order valence-electron chi connectivity index (χ1n) is 4.11. The molecule has 0 unspecified atom stereocenters. The molecule has 0 aliphatic heterocycles. The summed E-state index contributed by atoms with van der Waals surface area (Å²) in [6.45, 7) is 0. The summed E-state index contributed by atoms with van der Waals surface area (Å²) in [5, 5.41) is 6.09. The molecule has 1 rings (SSSR count). The van der Waals surface area contributed by atoms with E-state index in [9.17, 15) is 0 Å². The standard InChI is InChI=1S/C9H12ClN3S/c1-11-13(2)9(14)12-8-5-3-7(10)4-6-8/h3-6,11H,1-2H3,(H,12,14). The normalized spacial score (nSPS) is 9.64. The van der Waals surface area contributed by atoms with Crippen molar-refractivity contribution < 1.29 is 0 Å². The number of hydrogen-bond acceptors (Lipinski definition) is 2. The highest BCUT2D eigenvalue weighted by Crippen LogP contribution is 2.13. The lowest BCUT2D eigenvalue weighted by Crippen LogP contribution is -2.39. The van der Waals surface area contributed by atoms with E-state index in [1.54, 1.807) is 12.1 Å². The number of benzene rings is 1. The van der Waals surface area contributed by atoms with Crippen LogP contribution in [0.1, 0.15) is 0 Å². The molecule has 3 nitrogen and oxygen atoms in total. The Morgan fingerprint density at radius 2 is 1.93 bits per heavy atom. The van der Waals surface area contributed by atoms with E-state index >= 15 is 0 Å². The molecule has 0 aliphatic carbocycles. The van der Waals surface area contributed by atoms with Crippen molar-refractivity contribution in [3.63, 3.8) is 0 Å². The van der Waals surface area contributed by atoms with Crippen LogP contribution in [0, 0.1) is 0 Å². The van der Waals surface area contributed by atoms with Crippen molar-refractivity contribution in [2.45, 2.75) is 0 Å². The van der Waals surface area contributed by atoms with Crippen LogP contribution in [0.4, 0.5) is 5.69 Å². The second-order valence-corrected chi connectivity index (χ2v) is 3.54. The molecule has 0 aliphatic rings. The van der Waals surface area contributed by atoms with Crippen LogP contribution in [-0.4, -0.2) is 24.2 Å². The molecule has 0 bridgehead atoms. The Bertz CT molecular complexity index is 312. The highest BCUT2D eigenvalue weighted by molar-refractivity contribution is 7.80. The molecule has 76 valence electrons. The van der Waals surface area contributed by atoms with Crippen molar-refractivity contribution in [2.24, 2.45) is 0 Å². The van der Waals surface area contributed by atoms with Gasteiger partial charge in [0.1, 0.15) is 0 Å². The Labute approximate surface area is 94.0 Å². The van der Waals surface area contributed by atoms with Crippen LogP contribution in [0.15, 0.2) is 24.3 Å². The molecule has 0 saturated carbocycles.